The minimum atomic E-state index is -0.295. The summed E-state index contributed by atoms with van der Waals surface area (Å²) in [4.78, 5) is 13.1. The first-order chi connectivity index (χ1) is 8.54. The lowest BCUT2D eigenvalue weighted by atomic mass is 10.1. The second-order valence-electron chi connectivity index (χ2n) is 5.02. The summed E-state index contributed by atoms with van der Waals surface area (Å²) < 4.78 is 0. The van der Waals surface area contributed by atoms with E-state index < -0.39 is 0 Å². The molecule has 1 fully saturated rings. The molecule has 0 aromatic heterocycles. The molecule has 1 saturated heterocycles. The Bertz CT molecular complexity index is 462. The Morgan fingerprint density at radius 3 is 2.67 bits per heavy atom. The number of nitrogens with one attached hydrogen (secondary N) is 1. The molecule has 2 unspecified atom stereocenters. The number of rotatable bonds is 3. The van der Waals surface area contributed by atoms with Crippen LogP contribution in [0.1, 0.15) is 20.3 Å². The Hall–Kier alpha value is -1.78. The molecule has 1 aliphatic heterocycles. The van der Waals surface area contributed by atoms with Crippen molar-refractivity contribution in [3.63, 3.8) is 0 Å². The first kappa shape index (κ1) is 12.7. The second kappa shape index (κ2) is 4.84. The average Bonchev–Trinajstić information content (AvgIpc) is 2.67. The molecule has 0 aliphatic carbocycles. The molecule has 1 N–H and O–H groups in total. The van der Waals surface area contributed by atoms with Gasteiger partial charge in [-0.15, -0.1) is 0 Å². The van der Waals surface area contributed by atoms with E-state index in [9.17, 15) is 10.1 Å². The van der Waals surface area contributed by atoms with E-state index in [1.807, 2.05) is 12.1 Å². The summed E-state index contributed by atoms with van der Waals surface area (Å²) in [5, 5.41) is 14.2. The van der Waals surface area contributed by atoms with Gasteiger partial charge in [-0.05, 0) is 31.4 Å². The first-order valence-electron chi connectivity index (χ1n) is 6.26. The van der Waals surface area contributed by atoms with Crippen molar-refractivity contribution >= 4 is 17.1 Å². The van der Waals surface area contributed by atoms with Crippen LogP contribution >= 0.6 is 0 Å². The van der Waals surface area contributed by atoms with E-state index in [0.717, 1.165) is 18.7 Å². The zero-order valence-corrected chi connectivity index (χ0v) is 11.0. The third-order valence-corrected chi connectivity index (χ3v) is 3.56. The van der Waals surface area contributed by atoms with Gasteiger partial charge in [0.15, 0.2) is 0 Å². The fraction of sp³-hybridized carbons (Fsp3) is 0.538. The molecule has 0 bridgehead atoms. The smallest absolute Gasteiger partial charge is 0.315 e. The maximum absolute atomic E-state index is 11.3. The van der Waals surface area contributed by atoms with Crippen molar-refractivity contribution in [3.8, 4) is 0 Å². The first-order valence-corrected chi connectivity index (χ1v) is 6.26. The number of para-hydroxylation sites is 1. The Morgan fingerprint density at radius 2 is 2.17 bits per heavy atom. The number of nitro benzene ring substituents is 1. The van der Waals surface area contributed by atoms with Crippen LogP contribution in [0.5, 0.6) is 0 Å². The quantitative estimate of drug-likeness (QED) is 0.661. The maximum atomic E-state index is 11.3. The number of hydrogen-bond acceptors (Lipinski definition) is 4. The normalized spacial score (nSPS) is 23.2. The van der Waals surface area contributed by atoms with Gasteiger partial charge in [-0.3, -0.25) is 10.1 Å². The summed E-state index contributed by atoms with van der Waals surface area (Å²) in [5.74, 6) is 0.581. The molecule has 18 heavy (non-hydrogen) atoms. The lowest BCUT2D eigenvalue weighted by Gasteiger charge is -2.24. The average molecular weight is 249 g/mol. The van der Waals surface area contributed by atoms with Crippen LogP contribution < -0.4 is 10.2 Å². The van der Waals surface area contributed by atoms with E-state index >= 15 is 0 Å². The van der Waals surface area contributed by atoms with E-state index in [1.165, 1.54) is 0 Å². The van der Waals surface area contributed by atoms with Gasteiger partial charge in [0.1, 0.15) is 11.4 Å². The monoisotopic (exact) mass is 249 g/mol. The van der Waals surface area contributed by atoms with Gasteiger partial charge in [-0.1, -0.05) is 13.0 Å². The van der Waals surface area contributed by atoms with E-state index in [-0.39, 0.29) is 10.6 Å². The molecule has 2 atom stereocenters. The van der Waals surface area contributed by atoms with E-state index in [0.29, 0.717) is 17.6 Å². The minimum absolute atomic E-state index is 0.181. The van der Waals surface area contributed by atoms with Gasteiger partial charge < -0.3 is 10.2 Å². The minimum Gasteiger partial charge on any atom is -0.382 e. The Morgan fingerprint density at radius 1 is 1.44 bits per heavy atom. The zero-order chi connectivity index (χ0) is 13.3. The van der Waals surface area contributed by atoms with Crippen LogP contribution in [0.15, 0.2) is 18.2 Å². The summed E-state index contributed by atoms with van der Waals surface area (Å²) in [6.45, 7) is 5.19. The SMILES string of the molecule is CNc1cccc(N2CC(C)CC2C)c1[N+](=O)[O-]. The van der Waals surface area contributed by atoms with Crippen molar-refractivity contribution < 1.29 is 4.92 Å². The number of benzene rings is 1. The highest BCUT2D eigenvalue weighted by molar-refractivity contribution is 5.77. The van der Waals surface area contributed by atoms with Gasteiger partial charge in [0.2, 0.25) is 0 Å². The molecule has 0 saturated carbocycles. The predicted molar refractivity (Wildman–Crippen MR) is 73.2 cm³/mol. The van der Waals surface area contributed by atoms with Crippen LogP contribution in [0.4, 0.5) is 17.1 Å². The summed E-state index contributed by atoms with van der Waals surface area (Å²) in [5.41, 5.74) is 1.48. The molecule has 0 amide bonds. The summed E-state index contributed by atoms with van der Waals surface area (Å²) in [7, 11) is 1.71. The molecule has 98 valence electrons. The molecule has 1 heterocycles. The largest absolute Gasteiger partial charge is 0.382 e. The molecule has 1 aliphatic rings. The fourth-order valence-electron chi connectivity index (χ4n) is 2.79. The van der Waals surface area contributed by atoms with Gasteiger partial charge in [0.05, 0.1) is 4.92 Å². The summed E-state index contributed by atoms with van der Waals surface area (Å²) in [6.07, 6.45) is 1.08. The number of nitrogens with zero attached hydrogens (tertiary/aromatic N) is 2. The Kier molecular flexibility index (Phi) is 3.41. The molecule has 5 heteroatoms. The van der Waals surface area contributed by atoms with Gasteiger partial charge in [-0.2, -0.15) is 0 Å². The Labute approximate surface area is 107 Å². The van der Waals surface area contributed by atoms with Crippen LogP contribution in [0, 0.1) is 16.0 Å². The van der Waals surface area contributed by atoms with E-state index in [4.69, 9.17) is 0 Å². The molecule has 5 nitrogen and oxygen atoms in total. The number of hydrogen-bond donors (Lipinski definition) is 1. The molecule has 2 rings (SSSR count). The molecule has 0 radical (unpaired) electrons. The summed E-state index contributed by atoms with van der Waals surface area (Å²) >= 11 is 0. The van der Waals surface area contributed by atoms with Crippen molar-refractivity contribution in [2.75, 3.05) is 23.8 Å². The van der Waals surface area contributed by atoms with Crippen molar-refractivity contribution in [2.24, 2.45) is 5.92 Å². The molecular weight excluding hydrogens is 230 g/mol. The molecular formula is C13H19N3O2. The molecule has 1 aromatic rings. The van der Waals surface area contributed by atoms with Gasteiger partial charge in [0, 0.05) is 19.6 Å². The number of anilines is 2. The fourth-order valence-corrected chi connectivity index (χ4v) is 2.79. The highest BCUT2D eigenvalue weighted by atomic mass is 16.6. The van der Waals surface area contributed by atoms with Crippen LogP contribution in [-0.2, 0) is 0 Å². The van der Waals surface area contributed by atoms with Crippen LogP contribution in [0.2, 0.25) is 0 Å². The van der Waals surface area contributed by atoms with Crippen molar-refractivity contribution in [3.05, 3.63) is 28.3 Å². The summed E-state index contributed by atoms with van der Waals surface area (Å²) in [6, 6.07) is 5.80. The maximum Gasteiger partial charge on any atom is 0.315 e. The standard InChI is InChI=1S/C13H19N3O2/c1-9-7-10(2)15(8-9)12-6-4-5-11(14-3)13(12)16(17)18/h4-6,9-10,14H,7-8H2,1-3H3. The van der Waals surface area contributed by atoms with Gasteiger partial charge in [-0.25, -0.2) is 0 Å². The van der Waals surface area contributed by atoms with Crippen molar-refractivity contribution in [2.45, 2.75) is 26.3 Å². The van der Waals surface area contributed by atoms with Gasteiger partial charge in [0.25, 0.3) is 0 Å². The molecule has 0 spiro atoms. The van der Waals surface area contributed by atoms with Crippen LogP contribution in [-0.4, -0.2) is 24.6 Å². The molecule has 1 aromatic carbocycles. The topological polar surface area (TPSA) is 58.4 Å². The number of nitro groups is 1. The highest BCUT2D eigenvalue weighted by Crippen LogP contribution is 2.39. The Balaban J connectivity index is 2.47. The third-order valence-electron chi connectivity index (χ3n) is 3.56. The van der Waals surface area contributed by atoms with E-state index in [1.54, 1.807) is 13.1 Å². The van der Waals surface area contributed by atoms with E-state index in [2.05, 4.69) is 24.1 Å². The zero-order valence-electron chi connectivity index (χ0n) is 11.0. The lowest BCUT2D eigenvalue weighted by molar-refractivity contribution is -0.383. The van der Waals surface area contributed by atoms with Crippen LogP contribution in [0.3, 0.4) is 0 Å². The van der Waals surface area contributed by atoms with Crippen LogP contribution in [0.25, 0.3) is 0 Å². The van der Waals surface area contributed by atoms with Gasteiger partial charge >= 0.3 is 5.69 Å². The highest BCUT2D eigenvalue weighted by Gasteiger charge is 2.31. The predicted octanol–water partition coefficient (Wildman–Crippen LogP) is 2.87. The van der Waals surface area contributed by atoms with Crippen molar-refractivity contribution in [1.29, 1.82) is 0 Å². The lowest BCUT2D eigenvalue weighted by Crippen LogP contribution is -2.27. The second-order valence-corrected chi connectivity index (χ2v) is 5.02. The third kappa shape index (κ3) is 2.12. The van der Waals surface area contributed by atoms with Crippen molar-refractivity contribution in [1.82, 2.24) is 0 Å².